The molecule has 10 saturated heterocycles. The van der Waals surface area contributed by atoms with E-state index in [2.05, 4.69) is 175 Å². The van der Waals surface area contributed by atoms with E-state index >= 15 is 0 Å². The fourth-order valence-electron chi connectivity index (χ4n) is 21.4. The second-order valence-electron chi connectivity index (χ2n) is 36.4. The highest BCUT2D eigenvalue weighted by atomic mass is 16.5. The van der Waals surface area contributed by atoms with Gasteiger partial charge in [-0.15, -0.1) is 0 Å². The first kappa shape index (κ1) is 80.0. The first-order valence-electron chi connectivity index (χ1n) is 45.6. The number of likely N-dealkylation sites (tertiary alicyclic amines) is 4. The number of ether oxygens (including phenoxy) is 5. The van der Waals surface area contributed by atoms with Crippen LogP contribution in [0.1, 0.15) is 232 Å². The lowest BCUT2D eigenvalue weighted by Crippen LogP contribution is -2.41. The van der Waals surface area contributed by atoms with Crippen molar-refractivity contribution in [3.63, 3.8) is 0 Å². The molecule has 1 amide bonds. The van der Waals surface area contributed by atoms with Crippen molar-refractivity contribution < 1.29 is 28.5 Å². The number of H-pyrrole nitrogens is 5. The number of fused-ring (bicyclic) bond motifs is 15. The summed E-state index contributed by atoms with van der Waals surface area (Å²) in [5, 5.41) is 3.43. The van der Waals surface area contributed by atoms with Gasteiger partial charge in [-0.3, -0.25) is 26.8 Å². The number of likely N-dealkylation sites (N-methyl/N-ethyl adjacent to an activating group) is 2. The minimum atomic E-state index is 0.169. The molecule has 6 N–H and O–H groups in total. The van der Waals surface area contributed by atoms with Gasteiger partial charge in [0.15, 0.2) is 56.5 Å². The summed E-state index contributed by atoms with van der Waals surface area (Å²) >= 11 is 0. The van der Waals surface area contributed by atoms with Crippen LogP contribution in [0.2, 0.25) is 0 Å². The van der Waals surface area contributed by atoms with Gasteiger partial charge in [0, 0.05) is 197 Å². The molecule has 10 aliphatic heterocycles. The Morgan fingerprint density at radius 2 is 0.553 bits per heavy atom. The fraction of sp³-hybridized carbons (Fsp3) is 0.554. The van der Waals surface area contributed by atoms with Gasteiger partial charge in [-0.1, -0.05) is 0 Å². The minimum Gasteiger partial charge on any atom is -0.381 e. The van der Waals surface area contributed by atoms with Gasteiger partial charge in [-0.25, -0.2) is 49.8 Å². The number of carbonyl (C=O) groups is 1. The zero-order chi connectivity index (χ0) is 82.6. The molecule has 0 spiro atoms. The molecule has 0 aliphatic carbocycles. The molecular weight excluding hydrogens is 1550 g/mol. The number of piperidine rings is 3. The van der Waals surface area contributed by atoms with Crippen molar-refractivity contribution in [1.82, 2.24) is 122 Å². The van der Waals surface area contributed by atoms with Gasteiger partial charge in [0.05, 0.1) is 87.0 Å². The monoisotopic (exact) mass is 1670 g/mol. The number of hydrogen-bond donors (Lipinski definition) is 6. The van der Waals surface area contributed by atoms with E-state index < -0.39 is 0 Å². The highest BCUT2D eigenvalue weighted by Crippen LogP contribution is 2.41. The number of imidazole rings is 5. The third kappa shape index (κ3) is 16.2. The summed E-state index contributed by atoms with van der Waals surface area (Å²) in [6.45, 7) is 20.7. The number of rotatable bonds is 10. The summed E-state index contributed by atoms with van der Waals surface area (Å²) in [5.74, 6) is 5.48. The molecule has 25 rings (SSSR count). The minimum absolute atomic E-state index is 0.169. The van der Waals surface area contributed by atoms with Gasteiger partial charge < -0.3 is 73.5 Å². The van der Waals surface area contributed by atoms with Crippen molar-refractivity contribution in [2.24, 2.45) is 0 Å². The molecule has 1 atom stereocenters. The number of carbonyl (C=O) groups excluding carboxylic acids is 1. The molecule has 15 aromatic heterocycles. The highest BCUT2D eigenvalue weighted by molar-refractivity contribution is 5.83. The largest absolute Gasteiger partial charge is 0.381 e. The Morgan fingerprint density at radius 1 is 0.301 bits per heavy atom. The Balaban J connectivity index is 0.0000000945. The summed E-state index contributed by atoms with van der Waals surface area (Å²) < 4.78 is 38.8. The average molecular weight is 1670 g/mol. The van der Waals surface area contributed by atoms with Gasteiger partial charge in [-0.2, -0.15) is 0 Å². The van der Waals surface area contributed by atoms with Gasteiger partial charge in [0.25, 0.3) is 0 Å². The van der Waals surface area contributed by atoms with Crippen molar-refractivity contribution >= 4 is 90.0 Å². The van der Waals surface area contributed by atoms with Crippen LogP contribution in [0.4, 0.5) is 0 Å². The summed E-state index contributed by atoms with van der Waals surface area (Å²) in [7, 11) is 6.54. The van der Waals surface area contributed by atoms with E-state index in [1.807, 2.05) is 35.9 Å². The molecule has 123 heavy (non-hydrogen) atoms. The zero-order valence-electron chi connectivity index (χ0n) is 71.5. The number of nitrogens with zero attached hydrogens (tertiary/aromatic N) is 19. The second-order valence-corrected chi connectivity index (χ2v) is 36.4. The maximum Gasteiger partial charge on any atom is 0.219 e. The molecule has 0 aromatic carbocycles. The topological polar surface area (TPSA) is 318 Å². The van der Waals surface area contributed by atoms with Crippen molar-refractivity contribution in [3.8, 4) is 0 Å². The lowest BCUT2D eigenvalue weighted by atomic mass is 9.93. The van der Waals surface area contributed by atoms with Crippen LogP contribution in [-0.2, 0) is 28.5 Å². The van der Waals surface area contributed by atoms with E-state index in [1.165, 1.54) is 105 Å². The smallest absolute Gasteiger partial charge is 0.219 e. The molecule has 1 unspecified atom stereocenters. The van der Waals surface area contributed by atoms with E-state index in [0.717, 1.165) is 276 Å². The van der Waals surface area contributed by atoms with Crippen molar-refractivity contribution in [2.75, 3.05) is 153 Å². The molecule has 0 saturated carbocycles. The van der Waals surface area contributed by atoms with E-state index in [9.17, 15) is 4.79 Å². The molecule has 15 aromatic rings. The maximum absolute atomic E-state index is 11.6. The fourth-order valence-corrected chi connectivity index (χ4v) is 21.4. The van der Waals surface area contributed by atoms with Crippen molar-refractivity contribution in [2.45, 2.75) is 175 Å². The van der Waals surface area contributed by atoms with Gasteiger partial charge >= 0.3 is 0 Å². The number of aromatic amines is 5. The van der Waals surface area contributed by atoms with Crippen LogP contribution < -0.4 is 5.32 Å². The molecule has 31 nitrogen and oxygen atoms in total. The normalized spacial score (nSPS) is 21.4. The summed E-state index contributed by atoms with van der Waals surface area (Å²) in [6.07, 6.45) is 49.8. The molecular formula is C92H117N25O6. The van der Waals surface area contributed by atoms with E-state index in [1.54, 1.807) is 6.92 Å². The molecule has 10 fully saturated rings. The highest BCUT2D eigenvalue weighted by Gasteiger charge is 2.34. The Labute approximate surface area is 713 Å². The number of hydrogen-bond acceptors (Lipinski definition) is 20. The zero-order valence-corrected chi connectivity index (χ0v) is 71.5. The van der Waals surface area contributed by atoms with Gasteiger partial charge in [0.2, 0.25) is 5.91 Å². The Hall–Kier alpha value is -10.1. The van der Waals surface area contributed by atoms with Crippen LogP contribution in [0.15, 0.2) is 93.0 Å². The number of nitrogens with one attached hydrogen (secondary N) is 6. The quantitative estimate of drug-likeness (QED) is 0.0741. The lowest BCUT2D eigenvalue weighted by Gasteiger charge is -2.34. The third-order valence-corrected chi connectivity index (χ3v) is 28.7. The van der Waals surface area contributed by atoms with E-state index in [4.69, 9.17) is 48.6 Å². The molecule has 25 heterocycles. The maximum atomic E-state index is 11.6. The van der Waals surface area contributed by atoms with Crippen LogP contribution in [0.3, 0.4) is 0 Å². The van der Waals surface area contributed by atoms with E-state index in [-0.39, 0.29) is 5.91 Å². The van der Waals surface area contributed by atoms with E-state index in [0.29, 0.717) is 59.2 Å². The Bertz CT molecular complexity index is 6040. The molecule has 10 aliphatic rings. The van der Waals surface area contributed by atoms with Crippen LogP contribution in [-0.4, -0.2) is 275 Å². The SMILES string of the molecule is CC(=O)N1CCC(c2cn3c(cnc4[nH]cc(C5CCOCC5)c43)n2)CC1.CN1CC(c2cn3c(cnc4[nH]cc(C5CCOCC5)c43)n2)C1.CN1CCC(c2cn3c(cnc4[nH]cc(C5CCOCC5)c43)n2)C1.CN1CCC(c2cn3c(cnc4[nH]cc(C5CCOCC5)c43)n2)CC1.c1[nH]c2ncc3nc(C4CCNCC4)cn3c2c1C1CCOCC1. The molecule has 646 valence electrons. The summed E-state index contributed by atoms with van der Waals surface area (Å²) in [6, 6.07) is 0. The van der Waals surface area contributed by atoms with Crippen LogP contribution in [0.5, 0.6) is 0 Å². The second kappa shape index (κ2) is 35.1. The first-order valence-corrected chi connectivity index (χ1v) is 45.6. The third-order valence-electron chi connectivity index (χ3n) is 28.7. The summed E-state index contributed by atoms with van der Waals surface area (Å²) in [4.78, 5) is 84.8. The van der Waals surface area contributed by atoms with Crippen LogP contribution >= 0.6 is 0 Å². The van der Waals surface area contributed by atoms with Crippen molar-refractivity contribution in [3.05, 3.63) is 149 Å². The Morgan fingerprint density at radius 3 is 0.829 bits per heavy atom. The number of amides is 1. The van der Waals surface area contributed by atoms with Crippen molar-refractivity contribution in [1.29, 1.82) is 0 Å². The van der Waals surface area contributed by atoms with Gasteiger partial charge in [0.1, 0.15) is 0 Å². The first-order chi connectivity index (χ1) is 60.5. The van der Waals surface area contributed by atoms with Crippen LogP contribution in [0, 0.1) is 0 Å². The van der Waals surface area contributed by atoms with Gasteiger partial charge in [-0.05, 0) is 220 Å². The predicted octanol–water partition coefficient (Wildman–Crippen LogP) is 13.0. The van der Waals surface area contributed by atoms with Crippen LogP contribution in [0.25, 0.3) is 84.1 Å². The molecule has 0 radical (unpaired) electrons. The molecule has 31 heteroatoms. The Kier molecular flexibility index (Phi) is 22.9. The average Bonchev–Trinajstić information content (AvgIpc) is 1.62. The standard InChI is InChI=1S/C20H25N5O2.C19H25N5O.2C18H23N5O.C17H21N5O/c1-13(26)24-6-2-15(3-7-24)17-12-25-18(23-17)11-22-20-19(25)16(10-21-20)14-4-8-27-9-5-14;1-23-6-2-14(3-7-23)16-12-24-17(22-16)11-21-19-18(24)15(10-20-19)13-4-8-25-9-5-13;1-22-5-2-13(10-22)15-11-23-16(21-15)9-20-18-17(23)14(8-19-18)12-3-6-24-7-4-12;1-5-19-6-2-13(1)15-11-23-16(22-15)10-21-18-17(23)14(9-20-18)12-3-7-24-8-4-12;1-21-8-12(9-21)14-10-22-15(20-14)7-19-17-16(22)13(6-18-17)11-2-4-23-5-3-11/h10-12,14-15,21H,2-9H2,1H3;10-14,20H,2-9H2,1H3;8-9,11-13,19H,2-7,10H2,1H3;9-13,19-20H,1-8H2;6-7,10-12,18H,2-5,8-9H2,1H3. The predicted molar refractivity (Wildman–Crippen MR) is 472 cm³/mol. The lowest BCUT2D eigenvalue weighted by molar-refractivity contribution is -0.129. The summed E-state index contributed by atoms with van der Waals surface area (Å²) in [5.41, 5.74) is 28.1. The number of aromatic nitrogens is 20. The molecule has 0 bridgehead atoms.